The number of carbonyl (C=O) groups is 1. The molecule has 0 bridgehead atoms. The number of nitrogens with zero attached hydrogens (tertiary/aromatic N) is 4. The van der Waals surface area contributed by atoms with Crippen LogP contribution in [-0.4, -0.2) is 38.4 Å². The smallest absolute Gasteiger partial charge is 0.222 e. The molecule has 0 aliphatic carbocycles. The van der Waals surface area contributed by atoms with Gasteiger partial charge in [0, 0.05) is 38.7 Å². The van der Waals surface area contributed by atoms with Crippen molar-refractivity contribution in [3.05, 3.63) is 60.2 Å². The highest BCUT2D eigenvalue weighted by Gasteiger charge is 2.30. The molecule has 1 aliphatic rings. The Kier molecular flexibility index (Phi) is 4.22. The van der Waals surface area contributed by atoms with Gasteiger partial charge in [-0.15, -0.1) is 0 Å². The summed E-state index contributed by atoms with van der Waals surface area (Å²) in [6.07, 6.45) is 5.97. The molecule has 1 atom stereocenters. The summed E-state index contributed by atoms with van der Waals surface area (Å²) >= 11 is 0. The number of rotatable bonds is 4. The maximum atomic E-state index is 12.5. The lowest BCUT2D eigenvalue weighted by atomic mass is 10.1. The SMILES string of the molecule is Cn1c([C@H]2CCN(C(=O)CCc3ccccc3)C2)nc2ccncc21. The zero-order chi connectivity index (χ0) is 17.2. The molecule has 0 N–H and O–H groups in total. The lowest BCUT2D eigenvalue weighted by Crippen LogP contribution is -2.28. The summed E-state index contributed by atoms with van der Waals surface area (Å²) < 4.78 is 2.12. The van der Waals surface area contributed by atoms with Crippen molar-refractivity contribution in [3.8, 4) is 0 Å². The van der Waals surface area contributed by atoms with Gasteiger partial charge in [0.15, 0.2) is 0 Å². The summed E-state index contributed by atoms with van der Waals surface area (Å²) in [7, 11) is 2.03. The van der Waals surface area contributed by atoms with Crippen LogP contribution >= 0.6 is 0 Å². The molecule has 128 valence electrons. The molecule has 5 nitrogen and oxygen atoms in total. The van der Waals surface area contributed by atoms with Gasteiger partial charge >= 0.3 is 0 Å². The lowest BCUT2D eigenvalue weighted by molar-refractivity contribution is -0.130. The lowest BCUT2D eigenvalue weighted by Gasteiger charge is -2.16. The van der Waals surface area contributed by atoms with Crippen LogP contribution in [0.5, 0.6) is 0 Å². The normalized spacial score (nSPS) is 17.3. The van der Waals surface area contributed by atoms with Crippen molar-refractivity contribution in [1.29, 1.82) is 0 Å². The Morgan fingerprint density at radius 3 is 2.88 bits per heavy atom. The van der Waals surface area contributed by atoms with Gasteiger partial charge in [0.05, 0.1) is 17.2 Å². The Labute approximate surface area is 147 Å². The van der Waals surface area contributed by atoms with Gasteiger partial charge in [-0.3, -0.25) is 9.78 Å². The molecule has 0 radical (unpaired) electrons. The zero-order valence-corrected chi connectivity index (χ0v) is 14.4. The fraction of sp³-hybridized carbons (Fsp3) is 0.350. The molecule has 1 fully saturated rings. The van der Waals surface area contributed by atoms with Gasteiger partial charge in [0.1, 0.15) is 5.82 Å². The number of benzene rings is 1. The molecule has 1 aromatic carbocycles. The van der Waals surface area contributed by atoms with E-state index in [0.29, 0.717) is 12.3 Å². The molecular formula is C20H22N4O. The largest absolute Gasteiger partial charge is 0.342 e. The van der Waals surface area contributed by atoms with E-state index in [-0.39, 0.29) is 5.91 Å². The third kappa shape index (κ3) is 3.14. The molecule has 2 aromatic heterocycles. The van der Waals surface area contributed by atoms with Gasteiger partial charge in [-0.2, -0.15) is 0 Å². The van der Waals surface area contributed by atoms with E-state index in [1.54, 1.807) is 6.20 Å². The molecule has 3 aromatic rings. The van der Waals surface area contributed by atoms with E-state index in [4.69, 9.17) is 4.98 Å². The third-order valence-corrected chi connectivity index (χ3v) is 5.09. The van der Waals surface area contributed by atoms with Crippen molar-refractivity contribution in [2.75, 3.05) is 13.1 Å². The van der Waals surface area contributed by atoms with Crippen LogP contribution in [0.2, 0.25) is 0 Å². The minimum absolute atomic E-state index is 0.242. The van der Waals surface area contributed by atoms with Gasteiger partial charge in [0.25, 0.3) is 0 Å². The molecular weight excluding hydrogens is 312 g/mol. The monoisotopic (exact) mass is 334 g/mol. The Balaban J connectivity index is 1.42. The summed E-state index contributed by atoms with van der Waals surface area (Å²) in [6.45, 7) is 1.58. The highest BCUT2D eigenvalue weighted by atomic mass is 16.2. The maximum absolute atomic E-state index is 12.5. The highest BCUT2D eigenvalue weighted by molar-refractivity contribution is 5.77. The number of carbonyl (C=O) groups excluding carboxylic acids is 1. The van der Waals surface area contributed by atoms with Crippen LogP contribution < -0.4 is 0 Å². The Bertz CT molecular complexity index is 887. The fourth-order valence-electron chi connectivity index (χ4n) is 3.67. The van der Waals surface area contributed by atoms with E-state index in [1.807, 2.05) is 42.4 Å². The van der Waals surface area contributed by atoms with Crippen molar-refractivity contribution < 1.29 is 4.79 Å². The molecule has 3 heterocycles. The molecule has 25 heavy (non-hydrogen) atoms. The van der Waals surface area contributed by atoms with Crippen molar-refractivity contribution in [2.24, 2.45) is 7.05 Å². The van der Waals surface area contributed by atoms with Gasteiger partial charge in [-0.25, -0.2) is 4.98 Å². The van der Waals surface area contributed by atoms with Crippen molar-refractivity contribution in [1.82, 2.24) is 19.4 Å². The summed E-state index contributed by atoms with van der Waals surface area (Å²) in [5.74, 6) is 1.60. The van der Waals surface area contributed by atoms with Crippen LogP contribution in [0.25, 0.3) is 11.0 Å². The molecule has 0 saturated carbocycles. The Morgan fingerprint density at radius 1 is 1.24 bits per heavy atom. The second kappa shape index (κ2) is 6.67. The summed E-state index contributed by atoms with van der Waals surface area (Å²) in [6, 6.07) is 12.1. The minimum atomic E-state index is 0.242. The number of pyridine rings is 1. The van der Waals surface area contributed by atoms with Crippen LogP contribution in [0, 0.1) is 0 Å². The molecule has 5 heteroatoms. The topological polar surface area (TPSA) is 51.0 Å². The van der Waals surface area contributed by atoms with Gasteiger partial charge in [-0.1, -0.05) is 30.3 Å². The van der Waals surface area contributed by atoms with E-state index in [1.165, 1.54) is 5.56 Å². The number of aryl methyl sites for hydroxylation is 2. The average molecular weight is 334 g/mol. The minimum Gasteiger partial charge on any atom is -0.342 e. The number of fused-ring (bicyclic) bond motifs is 1. The summed E-state index contributed by atoms with van der Waals surface area (Å²) in [4.78, 5) is 23.5. The van der Waals surface area contributed by atoms with Crippen LogP contribution in [0.1, 0.15) is 30.1 Å². The Morgan fingerprint density at radius 2 is 2.08 bits per heavy atom. The van der Waals surface area contributed by atoms with E-state index in [2.05, 4.69) is 21.7 Å². The van der Waals surface area contributed by atoms with Crippen LogP contribution in [0.3, 0.4) is 0 Å². The van der Waals surface area contributed by atoms with E-state index in [0.717, 1.165) is 42.8 Å². The zero-order valence-electron chi connectivity index (χ0n) is 14.4. The van der Waals surface area contributed by atoms with Crippen LogP contribution in [0.15, 0.2) is 48.8 Å². The summed E-state index contributed by atoms with van der Waals surface area (Å²) in [5.41, 5.74) is 3.24. The second-order valence-electron chi connectivity index (χ2n) is 6.70. The quantitative estimate of drug-likeness (QED) is 0.737. The predicted molar refractivity (Wildman–Crippen MR) is 97.2 cm³/mol. The maximum Gasteiger partial charge on any atom is 0.222 e. The highest BCUT2D eigenvalue weighted by Crippen LogP contribution is 2.29. The van der Waals surface area contributed by atoms with Crippen molar-refractivity contribution in [2.45, 2.75) is 25.2 Å². The second-order valence-corrected chi connectivity index (χ2v) is 6.70. The van der Waals surface area contributed by atoms with E-state index in [9.17, 15) is 4.79 Å². The van der Waals surface area contributed by atoms with Gasteiger partial charge in [0.2, 0.25) is 5.91 Å². The van der Waals surface area contributed by atoms with E-state index < -0.39 is 0 Å². The first-order valence-corrected chi connectivity index (χ1v) is 8.80. The number of likely N-dealkylation sites (tertiary alicyclic amines) is 1. The van der Waals surface area contributed by atoms with Crippen molar-refractivity contribution in [3.63, 3.8) is 0 Å². The fourth-order valence-corrected chi connectivity index (χ4v) is 3.67. The van der Waals surface area contributed by atoms with Gasteiger partial charge in [-0.05, 0) is 24.5 Å². The molecule has 1 saturated heterocycles. The Hall–Kier alpha value is -2.69. The standard InChI is InChI=1S/C20H22N4O/c1-23-18-13-21-11-9-17(18)22-20(23)16-10-12-24(14-16)19(25)8-7-15-5-3-2-4-6-15/h2-6,9,11,13,16H,7-8,10,12,14H2,1H3/t16-/m0/s1. The number of aromatic nitrogens is 3. The molecule has 1 aliphatic heterocycles. The number of hydrogen-bond acceptors (Lipinski definition) is 3. The molecule has 0 unspecified atom stereocenters. The number of imidazole rings is 1. The predicted octanol–water partition coefficient (Wildman–Crippen LogP) is 2.92. The first kappa shape index (κ1) is 15.8. The third-order valence-electron chi connectivity index (χ3n) is 5.09. The molecule has 1 amide bonds. The first-order chi connectivity index (χ1) is 12.2. The molecule has 4 rings (SSSR count). The first-order valence-electron chi connectivity index (χ1n) is 8.80. The number of amides is 1. The number of hydrogen-bond donors (Lipinski definition) is 0. The molecule has 0 spiro atoms. The van der Waals surface area contributed by atoms with Crippen molar-refractivity contribution >= 4 is 16.9 Å². The van der Waals surface area contributed by atoms with Crippen LogP contribution in [-0.2, 0) is 18.3 Å². The van der Waals surface area contributed by atoms with Crippen LogP contribution in [0.4, 0.5) is 0 Å². The average Bonchev–Trinajstić information content (AvgIpc) is 3.26. The van der Waals surface area contributed by atoms with Gasteiger partial charge < -0.3 is 9.47 Å². The summed E-state index contributed by atoms with van der Waals surface area (Å²) in [5, 5.41) is 0. The van der Waals surface area contributed by atoms with E-state index >= 15 is 0 Å².